The second kappa shape index (κ2) is 3.29. The van der Waals surface area contributed by atoms with Crippen molar-refractivity contribution < 1.29 is 4.42 Å². The minimum atomic E-state index is 0.506. The van der Waals surface area contributed by atoms with Crippen molar-refractivity contribution >= 4 is 15.9 Å². The number of aryl methyl sites for hydroxylation is 1. The number of hydrogen-bond donors (Lipinski definition) is 0. The van der Waals surface area contributed by atoms with Gasteiger partial charge in [-0.15, -0.1) is 10.2 Å². The van der Waals surface area contributed by atoms with E-state index in [2.05, 4.69) is 31.2 Å². The fraction of sp³-hybridized carbons (Fsp3) is 0.286. The van der Waals surface area contributed by atoms with Gasteiger partial charge in [0.25, 0.3) is 0 Å². The van der Waals surface area contributed by atoms with E-state index in [0.29, 0.717) is 18.3 Å². The van der Waals surface area contributed by atoms with Gasteiger partial charge in [0.2, 0.25) is 11.8 Å². The third-order valence-corrected chi connectivity index (χ3v) is 1.88. The molecule has 13 heavy (non-hydrogen) atoms. The first-order valence-electron chi connectivity index (χ1n) is 3.71. The maximum atomic E-state index is 5.20. The van der Waals surface area contributed by atoms with Crippen molar-refractivity contribution in [1.82, 2.24) is 20.0 Å². The van der Waals surface area contributed by atoms with Gasteiger partial charge in [0, 0.05) is 13.1 Å². The monoisotopic (exact) mass is 242 g/mol. The van der Waals surface area contributed by atoms with E-state index in [1.54, 1.807) is 17.8 Å². The molecule has 0 N–H and O–H groups in total. The van der Waals surface area contributed by atoms with Gasteiger partial charge in [-0.3, -0.25) is 4.68 Å². The van der Waals surface area contributed by atoms with E-state index in [9.17, 15) is 0 Å². The molecule has 0 unspecified atom stereocenters. The molecule has 2 heterocycles. The van der Waals surface area contributed by atoms with E-state index < -0.39 is 0 Å². The zero-order valence-electron chi connectivity index (χ0n) is 6.94. The summed E-state index contributed by atoms with van der Waals surface area (Å²) in [5.41, 5.74) is 0. The van der Waals surface area contributed by atoms with Crippen LogP contribution < -0.4 is 0 Å². The number of rotatable bonds is 2. The summed E-state index contributed by atoms with van der Waals surface area (Å²) in [5.74, 6) is 1.13. The Morgan fingerprint density at radius 2 is 2.38 bits per heavy atom. The Bertz CT molecular complexity index is 370. The van der Waals surface area contributed by atoms with Crippen LogP contribution in [0, 0.1) is 6.92 Å². The molecule has 0 aliphatic carbocycles. The molecule has 0 saturated carbocycles. The molecule has 0 aliphatic heterocycles. The number of nitrogens with zero attached hydrogens (tertiary/aromatic N) is 4. The fourth-order valence-electron chi connectivity index (χ4n) is 0.965. The first kappa shape index (κ1) is 8.43. The summed E-state index contributed by atoms with van der Waals surface area (Å²) in [4.78, 5) is 0. The third kappa shape index (κ3) is 1.95. The largest absolute Gasteiger partial charge is 0.424 e. The molecule has 0 aliphatic rings. The highest BCUT2D eigenvalue weighted by atomic mass is 79.9. The van der Waals surface area contributed by atoms with Gasteiger partial charge in [-0.25, -0.2) is 0 Å². The predicted octanol–water partition coefficient (Wildman–Crippen LogP) is 1.39. The summed E-state index contributed by atoms with van der Waals surface area (Å²) in [7, 11) is 0. The lowest BCUT2D eigenvalue weighted by Crippen LogP contribution is -1.99. The number of aromatic nitrogens is 4. The lowest BCUT2D eigenvalue weighted by Gasteiger charge is -1.93. The van der Waals surface area contributed by atoms with Crippen molar-refractivity contribution in [3.8, 4) is 0 Å². The molecular weight excluding hydrogens is 236 g/mol. The van der Waals surface area contributed by atoms with Gasteiger partial charge >= 0.3 is 0 Å². The highest BCUT2D eigenvalue weighted by Crippen LogP contribution is 2.07. The molecule has 2 rings (SSSR count). The number of hydrogen-bond acceptors (Lipinski definition) is 4. The molecule has 6 heteroatoms. The van der Waals surface area contributed by atoms with Crippen molar-refractivity contribution in [2.45, 2.75) is 13.5 Å². The Kier molecular flexibility index (Phi) is 2.13. The van der Waals surface area contributed by atoms with Gasteiger partial charge in [0.1, 0.15) is 6.54 Å². The fourth-order valence-corrected chi connectivity index (χ4v) is 1.29. The first-order chi connectivity index (χ1) is 6.24. The normalized spacial score (nSPS) is 10.6. The van der Waals surface area contributed by atoms with E-state index >= 15 is 0 Å². The van der Waals surface area contributed by atoms with Crippen molar-refractivity contribution in [2.24, 2.45) is 0 Å². The quantitative estimate of drug-likeness (QED) is 0.799. The molecule has 0 saturated heterocycles. The Balaban J connectivity index is 2.14. The molecule has 2 aromatic rings. The Morgan fingerprint density at radius 1 is 1.54 bits per heavy atom. The molecule has 0 aromatic carbocycles. The Labute approximate surface area is 82.9 Å². The topological polar surface area (TPSA) is 56.7 Å². The molecule has 0 atom stereocenters. The van der Waals surface area contributed by atoms with Crippen molar-refractivity contribution in [1.29, 1.82) is 0 Å². The zero-order chi connectivity index (χ0) is 9.26. The molecule has 2 aromatic heterocycles. The molecule has 0 radical (unpaired) electrons. The average molecular weight is 243 g/mol. The van der Waals surface area contributed by atoms with Gasteiger partial charge < -0.3 is 4.42 Å². The summed E-state index contributed by atoms with van der Waals surface area (Å²) in [5, 5.41) is 11.6. The Morgan fingerprint density at radius 3 is 2.92 bits per heavy atom. The summed E-state index contributed by atoms with van der Waals surface area (Å²) in [6, 6.07) is 0. The number of halogens is 1. The minimum absolute atomic E-state index is 0.506. The van der Waals surface area contributed by atoms with E-state index in [-0.39, 0.29) is 0 Å². The lowest BCUT2D eigenvalue weighted by molar-refractivity contribution is 0.444. The highest BCUT2D eigenvalue weighted by molar-refractivity contribution is 9.10. The van der Waals surface area contributed by atoms with Crippen LogP contribution in [0.15, 0.2) is 21.3 Å². The van der Waals surface area contributed by atoms with Crippen LogP contribution in [0.4, 0.5) is 0 Å². The summed E-state index contributed by atoms with van der Waals surface area (Å²) in [6.07, 6.45) is 3.56. The smallest absolute Gasteiger partial charge is 0.237 e. The van der Waals surface area contributed by atoms with Crippen LogP contribution in [0.2, 0.25) is 0 Å². The second-order valence-corrected chi connectivity index (χ2v) is 3.49. The van der Waals surface area contributed by atoms with Crippen molar-refractivity contribution in [3.05, 3.63) is 28.6 Å². The highest BCUT2D eigenvalue weighted by Gasteiger charge is 2.03. The van der Waals surface area contributed by atoms with Gasteiger partial charge in [0.05, 0.1) is 10.7 Å². The van der Waals surface area contributed by atoms with Gasteiger partial charge in [-0.2, -0.15) is 5.10 Å². The van der Waals surface area contributed by atoms with Gasteiger partial charge in [-0.05, 0) is 15.9 Å². The standard InChI is InChI=1S/C7H7BrN4O/c1-5-10-11-7(13-5)4-12-3-6(8)2-9-12/h2-3H,4H2,1H3. The van der Waals surface area contributed by atoms with Crippen molar-refractivity contribution in [3.63, 3.8) is 0 Å². The molecule has 0 amide bonds. The predicted molar refractivity (Wildman–Crippen MR) is 48.1 cm³/mol. The zero-order valence-corrected chi connectivity index (χ0v) is 8.52. The van der Waals surface area contributed by atoms with Crippen LogP contribution in [0.5, 0.6) is 0 Å². The van der Waals surface area contributed by atoms with E-state index in [1.165, 1.54) is 0 Å². The molecular formula is C7H7BrN4O. The van der Waals surface area contributed by atoms with Crippen molar-refractivity contribution in [2.75, 3.05) is 0 Å². The maximum absolute atomic E-state index is 5.20. The SMILES string of the molecule is Cc1nnc(Cn2cc(Br)cn2)o1. The van der Waals surface area contributed by atoms with Gasteiger partial charge in [0.15, 0.2) is 0 Å². The molecule has 0 fully saturated rings. The first-order valence-corrected chi connectivity index (χ1v) is 4.50. The third-order valence-electron chi connectivity index (χ3n) is 1.47. The minimum Gasteiger partial charge on any atom is -0.424 e. The van der Waals surface area contributed by atoms with E-state index in [4.69, 9.17) is 4.42 Å². The average Bonchev–Trinajstić information content (AvgIpc) is 2.62. The second-order valence-electron chi connectivity index (χ2n) is 2.57. The summed E-state index contributed by atoms with van der Waals surface area (Å²) in [6.45, 7) is 2.27. The molecule has 5 nitrogen and oxygen atoms in total. The summed E-state index contributed by atoms with van der Waals surface area (Å²) < 4.78 is 7.85. The van der Waals surface area contributed by atoms with Crippen LogP contribution in [0.3, 0.4) is 0 Å². The summed E-state index contributed by atoms with van der Waals surface area (Å²) >= 11 is 3.30. The Hall–Kier alpha value is -1.17. The van der Waals surface area contributed by atoms with Crippen LogP contribution in [0.1, 0.15) is 11.8 Å². The lowest BCUT2D eigenvalue weighted by atomic mass is 10.6. The van der Waals surface area contributed by atoms with E-state index in [0.717, 1.165) is 4.47 Å². The van der Waals surface area contributed by atoms with E-state index in [1.807, 2.05) is 6.20 Å². The van der Waals surface area contributed by atoms with Crippen LogP contribution >= 0.6 is 15.9 Å². The van der Waals surface area contributed by atoms with Gasteiger partial charge in [-0.1, -0.05) is 0 Å². The van der Waals surface area contributed by atoms with Crippen LogP contribution in [0.25, 0.3) is 0 Å². The van der Waals surface area contributed by atoms with Crippen LogP contribution in [-0.4, -0.2) is 20.0 Å². The molecule has 68 valence electrons. The molecule has 0 spiro atoms. The van der Waals surface area contributed by atoms with Crippen LogP contribution in [-0.2, 0) is 6.54 Å². The maximum Gasteiger partial charge on any atom is 0.237 e. The molecule has 0 bridgehead atoms.